The van der Waals surface area contributed by atoms with E-state index in [1.54, 1.807) is 7.11 Å². The number of carboxylic acids is 1. The molecular formula is C9H15N3O3. The van der Waals surface area contributed by atoms with Crippen LogP contribution in [0.4, 0.5) is 5.69 Å². The topological polar surface area (TPSA) is 90.4 Å². The van der Waals surface area contributed by atoms with Crippen molar-refractivity contribution in [3.8, 4) is 0 Å². The van der Waals surface area contributed by atoms with Crippen LogP contribution in [0.3, 0.4) is 0 Å². The van der Waals surface area contributed by atoms with Gasteiger partial charge in [-0.15, -0.1) is 0 Å². The lowest BCUT2D eigenvalue weighted by Crippen LogP contribution is -2.29. The van der Waals surface area contributed by atoms with Crippen LogP contribution in [-0.4, -0.2) is 33.6 Å². The molecule has 0 atom stereocenters. The third-order valence-electron chi connectivity index (χ3n) is 2.09. The molecule has 84 valence electrons. The lowest BCUT2D eigenvalue weighted by molar-refractivity contribution is 0.00525. The molecule has 3 N–H and O–H groups in total. The number of hydrogen-bond acceptors (Lipinski definition) is 4. The average molecular weight is 213 g/mol. The maximum atomic E-state index is 10.7. The second kappa shape index (κ2) is 3.90. The normalized spacial score (nSPS) is 11.7. The summed E-state index contributed by atoms with van der Waals surface area (Å²) in [6, 6.07) is 0. The minimum atomic E-state index is -1.12. The molecule has 0 aliphatic carbocycles. The van der Waals surface area contributed by atoms with Gasteiger partial charge in [-0.25, -0.2) is 4.79 Å². The highest BCUT2D eigenvalue weighted by Crippen LogP contribution is 2.14. The summed E-state index contributed by atoms with van der Waals surface area (Å²) < 4.78 is 6.68. The number of methoxy groups -OCH3 is 1. The summed E-state index contributed by atoms with van der Waals surface area (Å²) in [6.45, 7) is 4.21. The van der Waals surface area contributed by atoms with Gasteiger partial charge in [-0.3, -0.25) is 4.68 Å². The Morgan fingerprint density at radius 2 is 2.33 bits per heavy atom. The third-order valence-corrected chi connectivity index (χ3v) is 2.09. The molecule has 0 aromatic carbocycles. The molecule has 0 aliphatic heterocycles. The summed E-state index contributed by atoms with van der Waals surface area (Å²) in [5, 5.41) is 12.6. The largest absolute Gasteiger partial charge is 0.476 e. The van der Waals surface area contributed by atoms with Crippen LogP contribution in [0.1, 0.15) is 24.3 Å². The van der Waals surface area contributed by atoms with E-state index in [0.29, 0.717) is 6.54 Å². The van der Waals surface area contributed by atoms with Crippen LogP contribution in [0.2, 0.25) is 0 Å². The van der Waals surface area contributed by atoms with Gasteiger partial charge >= 0.3 is 5.97 Å². The molecule has 0 aliphatic rings. The molecule has 6 nitrogen and oxygen atoms in total. The maximum Gasteiger partial charge on any atom is 0.358 e. The molecule has 6 heteroatoms. The highest BCUT2D eigenvalue weighted by atomic mass is 16.5. The summed E-state index contributed by atoms with van der Waals surface area (Å²) in [4.78, 5) is 10.7. The van der Waals surface area contributed by atoms with Gasteiger partial charge in [0.25, 0.3) is 0 Å². The number of carbonyl (C=O) groups is 1. The molecule has 0 bridgehead atoms. The number of anilines is 1. The van der Waals surface area contributed by atoms with Crippen molar-refractivity contribution in [2.45, 2.75) is 26.0 Å². The molecule has 1 aromatic heterocycles. The smallest absolute Gasteiger partial charge is 0.358 e. The highest BCUT2D eigenvalue weighted by Gasteiger charge is 2.20. The summed E-state index contributed by atoms with van der Waals surface area (Å²) in [5.74, 6) is -1.12. The zero-order chi connectivity index (χ0) is 11.6. The summed E-state index contributed by atoms with van der Waals surface area (Å²) >= 11 is 0. The number of nitrogens with two attached hydrogens (primary N) is 1. The SMILES string of the molecule is COC(C)(C)Cn1cc(N)c(C(=O)O)n1. The van der Waals surface area contributed by atoms with Crippen LogP contribution >= 0.6 is 0 Å². The Kier molecular flexibility index (Phi) is 2.99. The number of carboxylic acid groups (broad SMARTS) is 1. The first-order valence-corrected chi connectivity index (χ1v) is 4.47. The van der Waals surface area contributed by atoms with Gasteiger partial charge < -0.3 is 15.6 Å². The molecule has 0 fully saturated rings. The van der Waals surface area contributed by atoms with Crippen LogP contribution in [0, 0.1) is 0 Å². The minimum absolute atomic E-state index is 0.123. The van der Waals surface area contributed by atoms with E-state index >= 15 is 0 Å². The molecule has 0 saturated carbocycles. The van der Waals surface area contributed by atoms with E-state index in [-0.39, 0.29) is 11.4 Å². The van der Waals surface area contributed by atoms with E-state index in [1.165, 1.54) is 10.9 Å². The summed E-state index contributed by atoms with van der Waals surface area (Å²) in [7, 11) is 1.59. The van der Waals surface area contributed by atoms with Crippen molar-refractivity contribution in [1.29, 1.82) is 0 Å². The number of nitrogens with zero attached hydrogens (tertiary/aromatic N) is 2. The lowest BCUT2D eigenvalue weighted by atomic mass is 10.1. The number of ether oxygens (including phenoxy) is 1. The van der Waals surface area contributed by atoms with E-state index in [2.05, 4.69) is 5.10 Å². The van der Waals surface area contributed by atoms with Gasteiger partial charge in [-0.1, -0.05) is 0 Å². The van der Waals surface area contributed by atoms with Crippen molar-refractivity contribution in [3.05, 3.63) is 11.9 Å². The van der Waals surface area contributed by atoms with E-state index in [1.807, 2.05) is 13.8 Å². The first kappa shape index (κ1) is 11.5. The summed E-state index contributed by atoms with van der Waals surface area (Å²) in [5.41, 5.74) is 5.13. The third kappa shape index (κ3) is 2.69. The van der Waals surface area contributed by atoms with Gasteiger partial charge in [0.1, 0.15) is 0 Å². The standard InChI is InChI=1S/C9H15N3O3/c1-9(2,15-3)5-12-4-6(10)7(11-12)8(13)14/h4H,5,10H2,1-3H3,(H,13,14). The first-order chi connectivity index (χ1) is 6.85. The number of aromatic nitrogens is 2. The van der Waals surface area contributed by atoms with Crippen molar-refractivity contribution in [2.75, 3.05) is 12.8 Å². The zero-order valence-corrected chi connectivity index (χ0v) is 9.02. The fraction of sp³-hybridized carbons (Fsp3) is 0.556. The van der Waals surface area contributed by atoms with Crippen LogP contribution < -0.4 is 5.73 Å². The quantitative estimate of drug-likeness (QED) is 0.763. The number of nitrogen functional groups attached to an aromatic ring is 1. The molecular weight excluding hydrogens is 198 g/mol. The van der Waals surface area contributed by atoms with Gasteiger partial charge in [0, 0.05) is 13.3 Å². The summed E-state index contributed by atoms with van der Waals surface area (Å²) in [6.07, 6.45) is 1.49. The zero-order valence-electron chi connectivity index (χ0n) is 9.02. The fourth-order valence-corrected chi connectivity index (χ4v) is 1.14. The lowest BCUT2D eigenvalue weighted by Gasteiger charge is -2.22. The highest BCUT2D eigenvalue weighted by molar-refractivity contribution is 5.91. The van der Waals surface area contributed by atoms with Crippen molar-refractivity contribution in [3.63, 3.8) is 0 Å². The van der Waals surface area contributed by atoms with Crippen LogP contribution in [-0.2, 0) is 11.3 Å². The van der Waals surface area contributed by atoms with Crippen molar-refractivity contribution in [1.82, 2.24) is 9.78 Å². The predicted octanol–water partition coefficient (Wildman–Crippen LogP) is 0.588. The van der Waals surface area contributed by atoms with Crippen LogP contribution in [0.15, 0.2) is 6.20 Å². The van der Waals surface area contributed by atoms with Crippen LogP contribution in [0.25, 0.3) is 0 Å². The van der Waals surface area contributed by atoms with E-state index in [0.717, 1.165) is 0 Å². The second-order valence-corrected chi connectivity index (χ2v) is 3.90. The molecule has 0 amide bonds. The van der Waals surface area contributed by atoms with E-state index < -0.39 is 11.6 Å². The maximum absolute atomic E-state index is 10.7. The van der Waals surface area contributed by atoms with Crippen molar-refractivity contribution in [2.24, 2.45) is 0 Å². The van der Waals surface area contributed by atoms with Crippen LogP contribution in [0.5, 0.6) is 0 Å². The molecule has 0 radical (unpaired) electrons. The molecule has 1 rings (SSSR count). The molecule has 1 heterocycles. The molecule has 0 spiro atoms. The predicted molar refractivity (Wildman–Crippen MR) is 54.7 cm³/mol. The van der Waals surface area contributed by atoms with Gasteiger partial charge in [0.2, 0.25) is 0 Å². The second-order valence-electron chi connectivity index (χ2n) is 3.90. The van der Waals surface area contributed by atoms with Crippen molar-refractivity contribution < 1.29 is 14.6 Å². The number of aromatic carboxylic acids is 1. The Balaban J connectivity index is 2.89. The first-order valence-electron chi connectivity index (χ1n) is 4.47. The average Bonchev–Trinajstić information content (AvgIpc) is 2.46. The number of rotatable bonds is 4. The van der Waals surface area contributed by atoms with Gasteiger partial charge in [-0.2, -0.15) is 5.10 Å². The van der Waals surface area contributed by atoms with Gasteiger partial charge in [0.15, 0.2) is 5.69 Å². The van der Waals surface area contributed by atoms with Crippen molar-refractivity contribution >= 4 is 11.7 Å². The fourth-order valence-electron chi connectivity index (χ4n) is 1.14. The molecule has 1 aromatic rings. The van der Waals surface area contributed by atoms with E-state index in [9.17, 15) is 4.79 Å². The Morgan fingerprint density at radius 3 is 2.73 bits per heavy atom. The minimum Gasteiger partial charge on any atom is -0.476 e. The van der Waals surface area contributed by atoms with Gasteiger partial charge in [-0.05, 0) is 13.8 Å². The molecule has 0 saturated heterocycles. The Bertz CT molecular complexity index is 371. The Labute approximate surface area is 87.6 Å². The molecule has 0 unspecified atom stereocenters. The Morgan fingerprint density at radius 1 is 1.73 bits per heavy atom. The monoisotopic (exact) mass is 213 g/mol. The Hall–Kier alpha value is -1.56. The number of hydrogen-bond donors (Lipinski definition) is 2. The molecule has 15 heavy (non-hydrogen) atoms. The van der Waals surface area contributed by atoms with E-state index in [4.69, 9.17) is 15.6 Å². The van der Waals surface area contributed by atoms with Gasteiger partial charge in [0.05, 0.1) is 17.8 Å².